The fourth-order valence-corrected chi connectivity index (χ4v) is 1.99. The summed E-state index contributed by atoms with van der Waals surface area (Å²) in [5.41, 5.74) is 1.03. The SMILES string of the molecule is COC(=O)[C@@H]1Oc2ccc(Oc3ccccc3C)cc2O1. The first-order chi connectivity index (χ1) is 10.2. The van der Waals surface area contributed by atoms with Gasteiger partial charge in [-0.15, -0.1) is 0 Å². The first-order valence-corrected chi connectivity index (χ1v) is 6.46. The smallest absolute Gasteiger partial charge is 0.389 e. The van der Waals surface area contributed by atoms with E-state index in [1.807, 2.05) is 31.2 Å². The quantitative estimate of drug-likeness (QED) is 0.812. The lowest BCUT2D eigenvalue weighted by Gasteiger charge is -2.08. The van der Waals surface area contributed by atoms with E-state index in [-0.39, 0.29) is 0 Å². The number of carbonyl (C=O) groups excluding carboxylic acids is 1. The van der Waals surface area contributed by atoms with E-state index in [9.17, 15) is 4.79 Å². The van der Waals surface area contributed by atoms with Crippen LogP contribution in [-0.2, 0) is 9.53 Å². The zero-order valence-corrected chi connectivity index (χ0v) is 11.7. The molecule has 5 heteroatoms. The maximum atomic E-state index is 11.4. The van der Waals surface area contributed by atoms with Crippen LogP contribution in [0.25, 0.3) is 0 Å². The minimum absolute atomic E-state index is 0.455. The monoisotopic (exact) mass is 286 g/mol. The van der Waals surface area contributed by atoms with Gasteiger partial charge in [-0.3, -0.25) is 0 Å². The van der Waals surface area contributed by atoms with Gasteiger partial charge in [0.2, 0.25) is 0 Å². The molecule has 1 heterocycles. The van der Waals surface area contributed by atoms with Gasteiger partial charge in [-0.05, 0) is 30.7 Å². The molecule has 0 N–H and O–H groups in total. The van der Waals surface area contributed by atoms with E-state index in [0.29, 0.717) is 17.2 Å². The lowest BCUT2D eigenvalue weighted by molar-refractivity contribution is -0.158. The summed E-state index contributed by atoms with van der Waals surface area (Å²) in [6.45, 7) is 1.97. The Morgan fingerprint density at radius 3 is 2.62 bits per heavy atom. The fraction of sp³-hybridized carbons (Fsp3) is 0.188. The van der Waals surface area contributed by atoms with Gasteiger partial charge in [0, 0.05) is 6.07 Å². The Morgan fingerprint density at radius 1 is 1.10 bits per heavy atom. The van der Waals surface area contributed by atoms with Crippen LogP contribution in [0.4, 0.5) is 0 Å². The Kier molecular flexibility index (Phi) is 3.39. The molecule has 0 saturated carbocycles. The second kappa shape index (κ2) is 5.36. The lowest BCUT2D eigenvalue weighted by Crippen LogP contribution is -2.30. The molecule has 0 bridgehead atoms. The standard InChI is InChI=1S/C16H14O5/c1-10-5-3-4-6-12(10)19-11-7-8-13-14(9-11)21-16(20-13)15(17)18-2/h3-9,16H,1-2H3/t16-/m1/s1. The number of aryl methyl sites for hydroxylation is 1. The molecule has 1 aliphatic heterocycles. The van der Waals surface area contributed by atoms with Crippen molar-refractivity contribution in [2.24, 2.45) is 0 Å². The molecule has 108 valence electrons. The Bertz CT molecular complexity index is 680. The third-order valence-corrected chi connectivity index (χ3v) is 3.10. The first kappa shape index (κ1) is 13.3. The average molecular weight is 286 g/mol. The second-order valence-electron chi connectivity index (χ2n) is 4.57. The number of hydrogen-bond acceptors (Lipinski definition) is 5. The highest BCUT2D eigenvalue weighted by molar-refractivity contribution is 5.75. The molecule has 0 aliphatic carbocycles. The van der Waals surface area contributed by atoms with Crippen molar-refractivity contribution >= 4 is 5.97 Å². The van der Waals surface area contributed by atoms with Crippen LogP contribution >= 0.6 is 0 Å². The molecule has 0 saturated heterocycles. The molecule has 21 heavy (non-hydrogen) atoms. The van der Waals surface area contributed by atoms with E-state index in [4.69, 9.17) is 14.2 Å². The number of methoxy groups -OCH3 is 1. The van der Waals surface area contributed by atoms with Crippen LogP contribution in [0.1, 0.15) is 5.56 Å². The van der Waals surface area contributed by atoms with Gasteiger partial charge in [0.1, 0.15) is 11.5 Å². The highest BCUT2D eigenvalue weighted by atomic mass is 16.7. The summed E-state index contributed by atoms with van der Waals surface area (Å²) in [6, 6.07) is 12.9. The number of rotatable bonds is 3. The Balaban J connectivity index is 1.80. The molecule has 0 spiro atoms. The van der Waals surface area contributed by atoms with Crippen LogP contribution in [-0.4, -0.2) is 19.4 Å². The molecule has 0 radical (unpaired) electrons. The number of ether oxygens (including phenoxy) is 4. The third kappa shape index (κ3) is 2.63. The van der Waals surface area contributed by atoms with Crippen LogP contribution in [0.2, 0.25) is 0 Å². The second-order valence-corrected chi connectivity index (χ2v) is 4.57. The lowest BCUT2D eigenvalue weighted by atomic mass is 10.2. The summed E-state index contributed by atoms with van der Waals surface area (Å²) in [7, 11) is 1.28. The van der Waals surface area contributed by atoms with Crippen molar-refractivity contribution in [3.05, 3.63) is 48.0 Å². The zero-order valence-electron chi connectivity index (χ0n) is 11.7. The van der Waals surface area contributed by atoms with Crippen molar-refractivity contribution in [3.63, 3.8) is 0 Å². The van der Waals surface area contributed by atoms with Gasteiger partial charge in [0.15, 0.2) is 11.5 Å². The molecule has 2 aromatic rings. The summed E-state index contributed by atoms with van der Waals surface area (Å²) < 4.78 is 21.1. The topological polar surface area (TPSA) is 54.0 Å². The summed E-state index contributed by atoms with van der Waals surface area (Å²) in [6.07, 6.45) is -1.06. The van der Waals surface area contributed by atoms with Crippen LogP contribution in [0.15, 0.2) is 42.5 Å². The Morgan fingerprint density at radius 2 is 1.86 bits per heavy atom. The molecule has 0 aromatic heterocycles. The highest BCUT2D eigenvalue weighted by Crippen LogP contribution is 2.39. The molecule has 0 amide bonds. The van der Waals surface area contributed by atoms with Gasteiger partial charge in [-0.1, -0.05) is 18.2 Å². The largest absolute Gasteiger partial charge is 0.463 e. The number of benzene rings is 2. The number of esters is 1. The van der Waals surface area contributed by atoms with Crippen LogP contribution in [0.5, 0.6) is 23.0 Å². The van der Waals surface area contributed by atoms with Gasteiger partial charge < -0.3 is 18.9 Å². The van der Waals surface area contributed by atoms with E-state index in [0.717, 1.165) is 11.3 Å². The minimum Gasteiger partial charge on any atom is -0.463 e. The molecule has 5 nitrogen and oxygen atoms in total. The van der Waals surface area contributed by atoms with Crippen molar-refractivity contribution in [2.45, 2.75) is 13.2 Å². The van der Waals surface area contributed by atoms with Crippen LogP contribution < -0.4 is 14.2 Å². The Labute approximate surface area is 122 Å². The summed E-state index contributed by atoms with van der Waals surface area (Å²) in [5, 5.41) is 0. The third-order valence-electron chi connectivity index (χ3n) is 3.10. The van der Waals surface area contributed by atoms with Gasteiger partial charge in [-0.25, -0.2) is 4.79 Å². The molecule has 1 aliphatic rings. The molecule has 3 rings (SSSR count). The number of fused-ring (bicyclic) bond motifs is 1. The number of carbonyl (C=O) groups is 1. The minimum atomic E-state index is -1.06. The first-order valence-electron chi connectivity index (χ1n) is 6.46. The highest BCUT2D eigenvalue weighted by Gasteiger charge is 2.32. The van der Waals surface area contributed by atoms with Gasteiger partial charge >= 0.3 is 12.3 Å². The number of hydrogen-bond donors (Lipinski definition) is 0. The molecule has 0 unspecified atom stereocenters. The predicted octanol–water partition coefficient (Wildman–Crippen LogP) is 3.06. The van der Waals surface area contributed by atoms with E-state index in [1.54, 1.807) is 18.2 Å². The fourth-order valence-electron chi connectivity index (χ4n) is 1.99. The summed E-state index contributed by atoms with van der Waals surface area (Å²) >= 11 is 0. The maximum Gasteiger partial charge on any atom is 0.389 e. The summed E-state index contributed by atoms with van der Waals surface area (Å²) in [4.78, 5) is 11.4. The maximum absolute atomic E-state index is 11.4. The Hall–Kier alpha value is -2.69. The molecule has 1 atom stereocenters. The molecular weight excluding hydrogens is 272 g/mol. The van der Waals surface area contributed by atoms with E-state index in [1.165, 1.54) is 7.11 Å². The van der Waals surface area contributed by atoms with Crippen molar-refractivity contribution in [2.75, 3.05) is 7.11 Å². The van der Waals surface area contributed by atoms with E-state index >= 15 is 0 Å². The predicted molar refractivity (Wildman–Crippen MR) is 74.8 cm³/mol. The van der Waals surface area contributed by atoms with Gasteiger partial charge in [-0.2, -0.15) is 0 Å². The van der Waals surface area contributed by atoms with E-state index in [2.05, 4.69) is 4.74 Å². The van der Waals surface area contributed by atoms with E-state index < -0.39 is 12.3 Å². The normalized spacial score (nSPS) is 15.6. The van der Waals surface area contributed by atoms with Crippen molar-refractivity contribution in [1.82, 2.24) is 0 Å². The van der Waals surface area contributed by atoms with Crippen LogP contribution in [0.3, 0.4) is 0 Å². The van der Waals surface area contributed by atoms with Crippen molar-refractivity contribution < 1.29 is 23.7 Å². The average Bonchev–Trinajstić information content (AvgIpc) is 2.92. The molecular formula is C16H14O5. The number of para-hydroxylation sites is 1. The van der Waals surface area contributed by atoms with Gasteiger partial charge in [0.25, 0.3) is 0 Å². The summed E-state index contributed by atoms with van der Waals surface area (Å²) in [5.74, 6) is 1.74. The molecule has 2 aromatic carbocycles. The zero-order chi connectivity index (χ0) is 14.8. The van der Waals surface area contributed by atoms with Crippen molar-refractivity contribution in [3.8, 4) is 23.0 Å². The van der Waals surface area contributed by atoms with Crippen molar-refractivity contribution in [1.29, 1.82) is 0 Å². The van der Waals surface area contributed by atoms with Crippen LogP contribution in [0, 0.1) is 6.92 Å². The van der Waals surface area contributed by atoms with Gasteiger partial charge in [0.05, 0.1) is 7.11 Å². The molecule has 0 fully saturated rings.